The summed E-state index contributed by atoms with van der Waals surface area (Å²) in [7, 11) is 0. The van der Waals surface area contributed by atoms with Crippen molar-refractivity contribution in [3.05, 3.63) is 35.0 Å². The topological polar surface area (TPSA) is 29.1 Å². The maximum absolute atomic E-state index is 13.0. The largest absolute Gasteiger partial charge is 0.349 e. The number of fused-ring (bicyclic) bond motifs is 1. The summed E-state index contributed by atoms with van der Waals surface area (Å²) in [5.74, 6) is -0.353. The zero-order valence-electron chi connectivity index (χ0n) is 9.79. The number of thiophene rings is 1. The van der Waals surface area contributed by atoms with E-state index in [2.05, 4.69) is 5.32 Å². The number of hydrogen-bond acceptors (Lipinski definition) is 2. The number of nitrogens with one attached hydrogen (secondary N) is 1. The molecular weight excluding hydrogens is 237 g/mol. The van der Waals surface area contributed by atoms with Crippen molar-refractivity contribution in [2.75, 3.05) is 0 Å². The number of carbonyl (C=O) groups is 1. The zero-order chi connectivity index (χ0) is 12.4. The van der Waals surface area contributed by atoms with Crippen LogP contribution in [0.4, 0.5) is 4.39 Å². The average Bonchev–Trinajstić information content (AvgIpc) is 2.71. The molecule has 4 heteroatoms. The number of carbonyl (C=O) groups excluding carboxylic acids is 1. The minimum absolute atomic E-state index is 0.0824. The predicted molar refractivity (Wildman–Crippen MR) is 69.0 cm³/mol. The smallest absolute Gasteiger partial charge is 0.261 e. The van der Waals surface area contributed by atoms with Crippen molar-refractivity contribution < 1.29 is 9.18 Å². The van der Waals surface area contributed by atoms with Gasteiger partial charge in [-0.25, -0.2) is 4.39 Å². The van der Waals surface area contributed by atoms with Crippen LogP contribution in [0.3, 0.4) is 0 Å². The molecule has 2 rings (SSSR count). The molecule has 0 radical (unpaired) electrons. The van der Waals surface area contributed by atoms with Crippen LogP contribution in [-0.4, -0.2) is 11.9 Å². The van der Waals surface area contributed by atoms with Crippen molar-refractivity contribution in [2.24, 2.45) is 0 Å². The molecule has 1 unspecified atom stereocenters. The van der Waals surface area contributed by atoms with Crippen molar-refractivity contribution in [1.29, 1.82) is 0 Å². The highest BCUT2D eigenvalue weighted by molar-refractivity contribution is 7.20. The summed E-state index contributed by atoms with van der Waals surface area (Å²) < 4.78 is 13.8. The Morgan fingerprint density at radius 3 is 2.94 bits per heavy atom. The molecule has 0 aliphatic rings. The van der Waals surface area contributed by atoms with E-state index in [1.54, 1.807) is 12.1 Å². The van der Waals surface area contributed by atoms with E-state index in [4.69, 9.17) is 0 Å². The molecule has 0 aliphatic carbocycles. The Bertz CT molecular complexity index is 549. The summed E-state index contributed by atoms with van der Waals surface area (Å²) in [5.41, 5.74) is 0. The van der Waals surface area contributed by atoms with Gasteiger partial charge >= 0.3 is 0 Å². The number of amides is 1. The maximum atomic E-state index is 13.0. The molecule has 0 saturated heterocycles. The lowest BCUT2D eigenvalue weighted by Crippen LogP contribution is -2.31. The third-order valence-electron chi connectivity index (χ3n) is 2.70. The second-order valence-corrected chi connectivity index (χ2v) is 5.16. The van der Waals surface area contributed by atoms with Crippen LogP contribution in [0, 0.1) is 5.82 Å². The number of halogens is 1. The molecule has 0 spiro atoms. The van der Waals surface area contributed by atoms with Crippen LogP contribution < -0.4 is 5.32 Å². The molecule has 90 valence electrons. The summed E-state index contributed by atoms with van der Waals surface area (Å²) in [5, 5.41) is 3.81. The van der Waals surface area contributed by atoms with Crippen LogP contribution in [0.25, 0.3) is 10.1 Å². The van der Waals surface area contributed by atoms with Gasteiger partial charge in [0.15, 0.2) is 0 Å². The van der Waals surface area contributed by atoms with E-state index in [1.165, 1.54) is 23.5 Å². The van der Waals surface area contributed by atoms with Crippen molar-refractivity contribution in [1.82, 2.24) is 5.32 Å². The Labute approximate surface area is 103 Å². The van der Waals surface area contributed by atoms with E-state index < -0.39 is 0 Å². The average molecular weight is 251 g/mol. The van der Waals surface area contributed by atoms with E-state index in [0.717, 1.165) is 16.5 Å². The van der Waals surface area contributed by atoms with Crippen LogP contribution in [-0.2, 0) is 0 Å². The molecule has 0 bridgehead atoms. The first-order valence-corrected chi connectivity index (χ1v) is 6.41. The molecule has 1 heterocycles. The highest BCUT2D eigenvalue weighted by atomic mass is 32.1. The van der Waals surface area contributed by atoms with E-state index in [-0.39, 0.29) is 17.8 Å². The first kappa shape index (κ1) is 12.0. The van der Waals surface area contributed by atoms with Gasteiger partial charge in [-0.1, -0.05) is 13.0 Å². The van der Waals surface area contributed by atoms with Crippen molar-refractivity contribution in [3.8, 4) is 0 Å². The minimum atomic E-state index is -0.270. The van der Waals surface area contributed by atoms with Crippen molar-refractivity contribution >= 4 is 27.3 Å². The van der Waals surface area contributed by atoms with Gasteiger partial charge in [-0.05, 0) is 36.9 Å². The van der Waals surface area contributed by atoms with Gasteiger partial charge in [-0.2, -0.15) is 0 Å². The van der Waals surface area contributed by atoms with Crippen molar-refractivity contribution in [3.63, 3.8) is 0 Å². The highest BCUT2D eigenvalue weighted by Gasteiger charge is 2.12. The zero-order valence-corrected chi connectivity index (χ0v) is 10.6. The molecule has 17 heavy (non-hydrogen) atoms. The fraction of sp³-hybridized carbons (Fsp3) is 0.308. The quantitative estimate of drug-likeness (QED) is 0.887. The molecule has 1 atom stereocenters. The monoisotopic (exact) mass is 251 g/mol. The van der Waals surface area contributed by atoms with Crippen molar-refractivity contribution in [2.45, 2.75) is 26.3 Å². The lowest BCUT2D eigenvalue weighted by molar-refractivity contribution is 0.0943. The van der Waals surface area contributed by atoms with Gasteiger partial charge in [0.1, 0.15) is 5.82 Å². The first-order chi connectivity index (χ1) is 8.10. The van der Waals surface area contributed by atoms with Crippen LogP contribution in [0.2, 0.25) is 0 Å². The molecule has 0 aliphatic heterocycles. The van der Waals surface area contributed by atoms with Crippen LogP contribution >= 0.6 is 11.3 Å². The normalized spacial score (nSPS) is 12.6. The van der Waals surface area contributed by atoms with Gasteiger partial charge < -0.3 is 5.32 Å². The van der Waals surface area contributed by atoms with Crippen LogP contribution in [0.1, 0.15) is 29.9 Å². The number of hydrogen-bond donors (Lipinski definition) is 1. The standard InChI is InChI=1S/C13H14FNOS/c1-3-8(2)15-13(16)12-6-9-4-5-10(14)7-11(9)17-12/h4-8H,3H2,1-2H3,(H,15,16). The lowest BCUT2D eigenvalue weighted by atomic mass is 10.2. The molecule has 1 aromatic heterocycles. The van der Waals surface area contributed by atoms with E-state index in [9.17, 15) is 9.18 Å². The summed E-state index contributed by atoms with van der Waals surface area (Å²) >= 11 is 1.32. The lowest BCUT2D eigenvalue weighted by Gasteiger charge is -2.09. The molecule has 1 amide bonds. The van der Waals surface area contributed by atoms with E-state index in [0.29, 0.717) is 4.88 Å². The Morgan fingerprint density at radius 2 is 2.24 bits per heavy atom. The fourth-order valence-electron chi connectivity index (χ4n) is 1.51. The summed E-state index contributed by atoms with van der Waals surface area (Å²) in [6.07, 6.45) is 0.894. The number of rotatable bonds is 3. The molecule has 1 N–H and O–H groups in total. The molecular formula is C13H14FNOS. The summed E-state index contributed by atoms with van der Waals surface area (Å²) in [4.78, 5) is 12.5. The number of benzene rings is 1. The third kappa shape index (κ3) is 2.64. The predicted octanol–water partition coefficient (Wildman–Crippen LogP) is 3.57. The van der Waals surface area contributed by atoms with Gasteiger partial charge in [0.05, 0.1) is 4.88 Å². The molecule has 0 saturated carbocycles. The van der Waals surface area contributed by atoms with Gasteiger partial charge in [0, 0.05) is 10.7 Å². The summed E-state index contributed by atoms with van der Waals surface area (Å²) in [6.45, 7) is 3.98. The molecule has 2 aromatic rings. The molecule has 0 fully saturated rings. The van der Waals surface area contributed by atoms with E-state index in [1.807, 2.05) is 13.8 Å². The fourth-order valence-corrected chi connectivity index (χ4v) is 2.50. The summed E-state index contributed by atoms with van der Waals surface area (Å²) in [6, 6.07) is 6.52. The Kier molecular flexibility index (Phi) is 3.43. The minimum Gasteiger partial charge on any atom is -0.349 e. The molecule has 2 nitrogen and oxygen atoms in total. The van der Waals surface area contributed by atoms with Crippen LogP contribution in [0.15, 0.2) is 24.3 Å². The molecule has 1 aromatic carbocycles. The second-order valence-electron chi connectivity index (χ2n) is 4.08. The highest BCUT2D eigenvalue weighted by Crippen LogP contribution is 2.26. The SMILES string of the molecule is CCC(C)NC(=O)c1cc2ccc(F)cc2s1. The Hall–Kier alpha value is -1.42. The Morgan fingerprint density at radius 1 is 1.47 bits per heavy atom. The maximum Gasteiger partial charge on any atom is 0.261 e. The second kappa shape index (κ2) is 4.84. The van der Waals surface area contributed by atoms with Gasteiger partial charge in [-0.15, -0.1) is 11.3 Å². The Balaban J connectivity index is 2.27. The third-order valence-corrected chi connectivity index (χ3v) is 3.79. The van der Waals surface area contributed by atoms with Gasteiger partial charge in [-0.3, -0.25) is 4.79 Å². The van der Waals surface area contributed by atoms with Gasteiger partial charge in [0.2, 0.25) is 0 Å². The van der Waals surface area contributed by atoms with Crippen LogP contribution in [0.5, 0.6) is 0 Å². The first-order valence-electron chi connectivity index (χ1n) is 5.60. The van der Waals surface area contributed by atoms with E-state index >= 15 is 0 Å². The van der Waals surface area contributed by atoms with Gasteiger partial charge in [0.25, 0.3) is 5.91 Å².